The molecular formula is C26H48S. The van der Waals surface area contributed by atoms with E-state index in [9.17, 15) is 0 Å². The van der Waals surface area contributed by atoms with Gasteiger partial charge in [0.25, 0.3) is 0 Å². The Morgan fingerprint density at radius 2 is 1.44 bits per heavy atom. The van der Waals surface area contributed by atoms with Crippen molar-refractivity contribution >= 4 is 12.6 Å². The van der Waals surface area contributed by atoms with E-state index < -0.39 is 0 Å². The predicted molar refractivity (Wildman–Crippen MR) is 126 cm³/mol. The lowest BCUT2D eigenvalue weighted by Crippen LogP contribution is -2.54. The first-order valence-electron chi connectivity index (χ1n) is 11.7. The Labute approximate surface area is 176 Å². The van der Waals surface area contributed by atoms with Gasteiger partial charge in [-0.15, -0.1) is 0 Å². The van der Waals surface area contributed by atoms with Crippen molar-refractivity contribution in [2.75, 3.05) is 5.75 Å². The van der Waals surface area contributed by atoms with Gasteiger partial charge in [-0.25, -0.2) is 0 Å². The summed E-state index contributed by atoms with van der Waals surface area (Å²) in [5.41, 5.74) is 5.20. The van der Waals surface area contributed by atoms with E-state index in [4.69, 9.17) is 12.6 Å². The van der Waals surface area contributed by atoms with Gasteiger partial charge in [0.2, 0.25) is 0 Å². The Balaban J connectivity index is 2.93. The minimum absolute atomic E-state index is 0.215. The number of thiol groups is 1. The first-order chi connectivity index (χ1) is 12.3. The SMILES string of the molecule is CCC1CCC(C)(C(C)(C)CS)C2=C1C(C)(CC)CCC2(C)C(C)(C)CC. The van der Waals surface area contributed by atoms with Crippen LogP contribution in [0.25, 0.3) is 0 Å². The van der Waals surface area contributed by atoms with Crippen molar-refractivity contribution in [1.29, 1.82) is 0 Å². The molecule has 4 unspecified atom stereocenters. The van der Waals surface area contributed by atoms with Crippen molar-refractivity contribution in [2.24, 2.45) is 33.0 Å². The average molecular weight is 393 g/mol. The van der Waals surface area contributed by atoms with Crippen LogP contribution in [0, 0.1) is 33.0 Å². The van der Waals surface area contributed by atoms with E-state index in [0.717, 1.165) is 11.7 Å². The van der Waals surface area contributed by atoms with Gasteiger partial charge in [-0.3, -0.25) is 0 Å². The van der Waals surface area contributed by atoms with Gasteiger partial charge in [-0.1, -0.05) is 86.8 Å². The highest BCUT2D eigenvalue weighted by Gasteiger charge is 2.60. The second-order valence-corrected chi connectivity index (χ2v) is 12.1. The molecule has 158 valence electrons. The van der Waals surface area contributed by atoms with E-state index in [0.29, 0.717) is 10.8 Å². The van der Waals surface area contributed by atoms with Crippen LogP contribution in [0.3, 0.4) is 0 Å². The fourth-order valence-electron chi connectivity index (χ4n) is 6.41. The molecule has 0 aromatic carbocycles. The van der Waals surface area contributed by atoms with E-state index in [-0.39, 0.29) is 16.2 Å². The molecular weight excluding hydrogens is 344 g/mol. The summed E-state index contributed by atoms with van der Waals surface area (Å²) in [7, 11) is 0. The maximum absolute atomic E-state index is 4.86. The zero-order chi connectivity index (χ0) is 20.9. The Kier molecular flexibility index (Phi) is 6.41. The third-order valence-electron chi connectivity index (χ3n) is 10.1. The predicted octanol–water partition coefficient (Wildman–Crippen LogP) is 8.72. The van der Waals surface area contributed by atoms with Gasteiger partial charge >= 0.3 is 0 Å². The molecule has 0 saturated heterocycles. The van der Waals surface area contributed by atoms with Crippen LogP contribution >= 0.6 is 12.6 Å². The van der Waals surface area contributed by atoms with Crippen molar-refractivity contribution < 1.29 is 0 Å². The van der Waals surface area contributed by atoms with Crippen LogP contribution in [0.15, 0.2) is 11.1 Å². The Hall–Kier alpha value is 0.0900. The maximum Gasteiger partial charge on any atom is -0.00381 e. The minimum Gasteiger partial charge on any atom is -0.179 e. The summed E-state index contributed by atoms with van der Waals surface area (Å²) in [6, 6.07) is 0. The highest BCUT2D eigenvalue weighted by Crippen LogP contribution is 2.70. The zero-order valence-electron chi connectivity index (χ0n) is 20.2. The molecule has 4 atom stereocenters. The molecule has 2 aliphatic carbocycles. The van der Waals surface area contributed by atoms with E-state index in [1.165, 1.54) is 44.9 Å². The van der Waals surface area contributed by atoms with Crippen LogP contribution in [0.5, 0.6) is 0 Å². The molecule has 0 bridgehead atoms. The molecule has 0 nitrogen and oxygen atoms in total. The van der Waals surface area contributed by atoms with E-state index in [1.54, 1.807) is 0 Å². The van der Waals surface area contributed by atoms with E-state index in [2.05, 4.69) is 69.2 Å². The topological polar surface area (TPSA) is 0 Å². The summed E-state index contributed by atoms with van der Waals surface area (Å²) in [6.45, 7) is 25.1. The Morgan fingerprint density at radius 3 is 1.89 bits per heavy atom. The molecule has 0 aromatic rings. The summed E-state index contributed by atoms with van der Waals surface area (Å²) >= 11 is 4.86. The average Bonchev–Trinajstić information content (AvgIpc) is 2.64. The standard InChI is InChI=1S/C26H48S/c1-11-19-14-15-25(9,23(6,7)18-27)21-20(19)24(8,13-3)16-17-26(21,10)22(4,5)12-2/h19,27H,11-18H2,1-10H3. The molecule has 2 rings (SSSR count). The smallest absolute Gasteiger partial charge is 0.00381 e. The van der Waals surface area contributed by atoms with Crippen molar-refractivity contribution in [3.8, 4) is 0 Å². The maximum atomic E-state index is 4.86. The molecule has 0 heterocycles. The lowest BCUT2D eigenvalue weighted by Gasteiger charge is -2.64. The molecule has 0 aromatic heterocycles. The summed E-state index contributed by atoms with van der Waals surface area (Å²) in [4.78, 5) is 0. The lowest BCUT2D eigenvalue weighted by atomic mass is 9.41. The van der Waals surface area contributed by atoms with Crippen molar-refractivity contribution in [2.45, 2.75) is 114 Å². The fraction of sp³-hybridized carbons (Fsp3) is 0.923. The van der Waals surface area contributed by atoms with Crippen molar-refractivity contribution in [1.82, 2.24) is 0 Å². The van der Waals surface area contributed by atoms with Gasteiger partial charge in [-0.05, 0) is 77.3 Å². The second-order valence-electron chi connectivity index (χ2n) is 11.8. The van der Waals surface area contributed by atoms with Crippen LogP contribution in [0.2, 0.25) is 0 Å². The highest BCUT2D eigenvalue weighted by atomic mass is 32.1. The molecule has 0 saturated carbocycles. The molecule has 0 amide bonds. The largest absolute Gasteiger partial charge is 0.179 e. The van der Waals surface area contributed by atoms with Gasteiger partial charge in [0, 0.05) is 0 Å². The second kappa shape index (κ2) is 7.41. The lowest BCUT2D eigenvalue weighted by molar-refractivity contribution is -0.00278. The molecule has 27 heavy (non-hydrogen) atoms. The molecule has 0 N–H and O–H groups in total. The normalized spacial score (nSPS) is 38.1. The molecule has 0 spiro atoms. The first kappa shape index (κ1) is 23.4. The summed E-state index contributed by atoms with van der Waals surface area (Å²) in [5, 5.41) is 0. The highest BCUT2D eigenvalue weighted by molar-refractivity contribution is 7.80. The van der Waals surface area contributed by atoms with Gasteiger partial charge in [0.15, 0.2) is 0 Å². The molecule has 0 aliphatic heterocycles. The monoisotopic (exact) mass is 392 g/mol. The first-order valence-corrected chi connectivity index (χ1v) is 12.3. The molecule has 2 aliphatic rings. The molecule has 0 radical (unpaired) electrons. The third-order valence-corrected chi connectivity index (χ3v) is 10.9. The van der Waals surface area contributed by atoms with Gasteiger partial charge in [0.05, 0.1) is 0 Å². The summed E-state index contributed by atoms with van der Waals surface area (Å²) < 4.78 is 0. The summed E-state index contributed by atoms with van der Waals surface area (Å²) in [5.74, 6) is 1.74. The molecule has 0 fully saturated rings. The Bertz CT molecular complexity index is 559. The summed E-state index contributed by atoms with van der Waals surface area (Å²) in [6.07, 6.45) is 9.21. The van der Waals surface area contributed by atoms with Crippen molar-refractivity contribution in [3.05, 3.63) is 11.1 Å². The Morgan fingerprint density at radius 1 is 0.889 bits per heavy atom. The van der Waals surface area contributed by atoms with Gasteiger partial charge in [-0.2, -0.15) is 12.6 Å². The van der Waals surface area contributed by atoms with Crippen LogP contribution in [-0.4, -0.2) is 5.75 Å². The van der Waals surface area contributed by atoms with E-state index in [1.807, 2.05) is 11.1 Å². The van der Waals surface area contributed by atoms with Gasteiger partial charge in [0.1, 0.15) is 0 Å². The minimum atomic E-state index is 0.215. The number of hydrogen-bond donors (Lipinski definition) is 1. The van der Waals surface area contributed by atoms with Crippen LogP contribution < -0.4 is 0 Å². The molecule has 1 heteroatoms. The quantitative estimate of drug-likeness (QED) is 0.339. The van der Waals surface area contributed by atoms with Crippen LogP contribution in [0.4, 0.5) is 0 Å². The van der Waals surface area contributed by atoms with Crippen LogP contribution in [0.1, 0.15) is 114 Å². The number of allylic oxidation sites excluding steroid dienone is 2. The van der Waals surface area contributed by atoms with Gasteiger partial charge < -0.3 is 0 Å². The number of rotatable bonds is 6. The number of hydrogen-bond acceptors (Lipinski definition) is 1. The zero-order valence-corrected chi connectivity index (χ0v) is 21.1. The van der Waals surface area contributed by atoms with E-state index >= 15 is 0 Å². The fourth-order valence-corrected chi connectivity index (χ4v) is 6.76. The third kappa shape index (κ3) is 3.27. The van der Waals surface area contributed by atoms with Crippen LogP contribution in [-0.2, 0) is 0 Å². The van der Waals surface area contributed by atoms with Crippen molar-refractivity contribution in [3.63, 3.8) is 0 Å².